The molecule has 0 spiro atoms. The van der Waals surface area contributed by atoms with Crippen molar-refractivity contribution >= 4 is 58.7 Å². The second-order valence-electron chi connectivity index (χ2n) is 35.4. The van der Waals surface area contributed by atoms with Gasteiger partial charge in [-0.2, -0.15) is 0 Å². The summed E-state index contributed by atoms with van der Waals surface area (Å²) in [5, 5.41) is 21.1. The van der Waals surface area contributed by atoms with E-state index >= 15 is 0 Å². The molecular weight excluding hydrogens is 1780 g/mol. The van der Waals surface area contributed by atoms with Gasteiger partial charge < -0.3 is 78.1 Å². The number of esters is 2. The number of methoxy groups -OCH3 is 6. The van der Waals surface area contributed by atoms with E-state index in [0.29, 0.717) is 96.3 Å². The highest BCUT2D eigenvalue weighted by Crippen LogP contribution is 2.32. The Kier molecular flexibility index (Phi) is 49.8. The minimum absolute atomic E-state index is 0.00275. The average molecular weight is 1920 g/mol. The molecule has 12 rings (SSSR count). The van der Waals surface area contributed by atoms with Crippen molar-refractivity contribution in [2.75, 3.05) is 82.3 Å². The summed E-state index contributed by atoms with van der Waals surface area (Å²) in [5.74, 6) is -3.46. The van der Waals surface area contributed by atoms with E-state index < -0.39 is 58.9 Å². The van der Waals surface area contributed by atoms with E-state index in [0.717, 1.165) is 67.1 Å². The van der Waals surface area contributed by atoms with E-state index in [1.165, 1.54) is 14.2 Å². The van der Waals surface area contributed by atoms with Crippen LogP contribution < -0.4 is 30.0 Å². The van der Waals surface area contributed by atoms with Crippen molar-refractivity contribution in [3.05, 3.63) is 335 Å². The summed E-state index contributed by atoms with van der Waals surface area (Å²) >= 11 is 0. The Morgan fingerprint density at radius 1 is 0.314 bits per heavy atom. The van der Waals surface area contributed by atoms with Crippen LogP contribution in [0.25, 0.3) is 0 Å². The molecule has 748 valence electrons. The van der Waals surface area contributed by atoms with Gasteiger partial charge in [0, 0.05) is 42.9 Å². The number of hydrogen-bond acceptors (Lipinski definition) is 23. The Bertz CT molecular complexity index is 5340. The first kappa shape index (κ1) is 114. The Hall–Kier alpha value is -13.2. The number of nitrogens with two attached hydrogens (primary N) is 1. The third-order valence-electron chi connectivity index (χ3n) is 23.6. The van der Waals surface area contributed by atoms with Crippen molar-refractivity contribution in [1.29, 1.82) is 0 Å². The fourth-order valence-electron chi connectivity index (χ4n) is 14.4. The van der Waals surface area contributed by atoms with Crippen LogP contribution in [0.3, 0.4) is 0 Å². The van der Waals surface area contributed by atoms with Gasteiger partial charge in [-0.05, 0) is 163 Å². The van der Waals surface area contributed by atoms with E-state index in [-0.39, 0.29) is 110 Å². The summed E-state index contributed by atoms with van der Waals surface area (Å²) in [4.78, 5) is 123. The number of rotatable bonds is 51. The van der Waals surface area contributed by atoms with Gasteiger partial charge >= 0.3 is 23.9 Å². The summed E-state index contributed by atoms with van der Waals surface area (Å²) in [6.07, 6.45) is 2.88. The number of hydrogen-bond donors (Lipinski definition) is 4. The molecule has 12 atom stereocenters. The molecule has 0 aliphatic carbocycles. The lowest BCUT2D eigenvalue weighted by molar-refractivity contribution is -0.147. The van der Waals surface area contributed by atoms with Crippen LogP contribution in [0, 0.1) is 47.3 Å². The molecule has 2 fully saturated rings. The van der Waals surface area contributed by atoms with Crippen LogP contribution in [0.15, 0.2) is 279 Å². The first-order chi connectivity index (χ1) is 67.3. The number of carbonyl (C=O) groups excluding carboxylic acids is 8. The molecule has 26 heteroatoms. The third kappa shape index (κ3) is 42.3. The van der Waals surface area contributed by atoms with Gasteiger partial charge in [0.05, 0.1) is 144 Å². The zero-order valence-corrected chi connectivity index (χ0v) is 82.7. The maximum Gasteiger partial charge on any atom is 0.309 e. The molecule has 26 nitrogen and oxygen atoms in total. The van der Waals surface area contributed by atoms with Crippen LogP contribution in [-0.4, -0.2) is 174 Å². The van der Waals surface area contributed by atoms with Crippen LogP contribution >= 0.6 is 0 Å². The number of ether oxygens (including phenoxy) is 12. The Morgan fingerprint density at radius 3 is 0.879 bits per heavy atom. The lowest BCUT2D eigenvalue weighted by Gasteiger charge is -2.24. The molecule has 0 saturated carbocycles. The second-order valence-corrected chi connectivity index (χ2v) is 35.4. The number of epoxide rings is 2. The molecule has 0 bridgehead atoms. The van der Waals surface area contributed by atoms with Crippen molar-refractivity contribution in [2.45, 2.75) is 156 Å². The van der Waals surface area contributed by atoms with E-state index in [9.17, 15) is 53.1 Å². The van der Waals surface area contributed by atoms with E-state index in [2.05, 4.69) is 10.1 Å². The SMILES string of the molecule is COC(=O)[C@@H](C)Cc1ccc(OC)cc1.COC(=O)[C@@H](CC(=O)[C@@H](C)COCc1ccccc1)Cc1ccc(OC)cc1.COc1ccc(C[C@H](CC(=O)[C@@H](C)COCc2ccccc2)C(=O)N[C@@H](Cc2ccccc2)C(=O)[C@@]2(C)CO2)cc1.COc1ccc(C[C@H](CC(=O)[C@@H](C)COCc2ccccc2)C(=O)O)cc1.C[C@@H](COCc1ccccc1)C(=O)O.C[C@]1(C(=O)[C@@H](N)Cc2ccccc2)CO1. The zero-order chi connectivity index (χ0) is 102. The van der Waals surface area contributed by atoms with Crippen LogP contribution in [0.2, 0.25) is 0 Å². The number of aliphatic carboxylic acids is 2. The Labute approximate surface area is 823 Å². The largest absolute Gasteiger partial charge is 0.497 e. The molecule has 0 aromatic heterocycles. The number of benzene rings is 10. The number of carboxylic acids is 2. The van der Waals surface area contributed by atoms with Gasteiger partial charge in [-0.3, -0.25) is 47.9 Å². The Morgan fingerprint density at radius 2 is 0.579 bits per heavy atom. The van der Waals surface area contributed by atoms with E-state index in [4.69, 9.17) is 62.9 Å². The molecule has 0 radical (unpaired) electrons. The van der Waals surface area contributed by atoms with Gasteiger partial charge in [-0.25, -0.2) is 0 Å². The van der Waals surface area contributed by atoms with Gasteiger partial charge in [-0.15, -0.1) is 0 Å². The number of Topliss-reactive ketones (excluding diaryl/α,β-unsaturated/α-hetero) is 5. The fraction of sp³-hybridized carbons (Fsp3) is 0.386. The summed E-state index contributed by atoms with van der Waals surface area (Å²) in [6.45, 7) is 16.2. The molecule has 2 saturated heterocycles. The van der Waals surface area contributed by atoms with Crippen LogP contribution in [-0.2, 0) is 151 Å². The quantitative estimate of drug-likeness (QED) is 0.0203. The molecule has 2 aliphatic heterocycles. The Balaban J connectivity index is 0.000000239. The molecule has 10 aromatic rings. The monoisotopic (exact) mass is 1920 g/mol. The van der Waals surface area contributed by atoms with Gasteiger partial charge in [0.2, 0.25) is 5.91 Å². The highest BCUT2D eigenvalue weighted by Gasteiger charge is 2.51. The predicted molar refractivity (Wildman–Crippen MR) is 535 cm³/mol. The summed E-state index contributed by atoms with van der Waals surface area (Å²) < 4.78 is 63.0. The predicted octanol–water partition coefficient (Wildman–Crippen LogP) is 17.2. The summed E-state index contributed by atoms with van der Waals surface area (Å²) in [6, 6.07) is 87.0. The highest BCUT2D eigenvalue weighted by atomic mass is 16.6. The fourth-order valence-corrected chi connectivity index (χ4v) is 14.4. The maximum atomic E-state index is 13.8. The van der Waals surface area contributed by atoms with Crippen molar-refractivity contribution in [1.82, 2.24) is 5.32 Å². The van der Waals surface area contributed by atoms with Gasteiger partial charge in [0.1, 0.15) is 51.5 Å². The number of nitrogens with one attached hydrogen (secondary N) is 1. The molecule has 140 heavy (non-hydrogen) atoms. The van der Waals surface area contributed by atoms with Crippen molar-refractivity contribution in [2.24, 2.45) is 53.1 Å². The van der Waals surface area contributed by atoms with Crippen LogP contribution in [0.4, 0.5) is 0 Å². The smallest absolute Gasteiger partial charge is 0.309 e. The molecule has 5 N–H and O–H groups in total. The number of ketones is 5. The van der Waals surface area contributed by atoms with Gasteiger partial charge in [0.25, 0.3) is 0 Å². The van der Waals surface area contributed by atoms with Crippen molar-refractivity contribution in [3.63, 3.8) is 0 Å². The highest BCUT2D eigenvalue weighted by molar-refractivity contribution is 5.98. The molecule has 10 aromatic carbocycles. The first-order valence-electron chi connectivity index (χ1n) is 47.0. The van der Waals surface area contributed by atoms with Crippen LogP contribution in [0.1, 0.15) is 123 Å². The minimum atomic E-state index is -0.962. The molecule has 1 amide bonds. The summed E-state index contributed by atoms with van der Waals surface area (Å²) in [5.41, 5.74) is 14.4. The molecule has 2 aliphatic rings. The minimum Gasteiger partial charge on any atom is -0.497 e. The maximum absolute atomic E-state index is 13.8. The number of carboxylic acid groups (broad SMARTS) is 2. The normalized spacial score (nSPS) is 15.7. The zero-order valence-electron chi connectivity index (χ0n) is 82.7. The van der Waals surface area contributed by atoms with Gasteiger partial charge in [0.15, 0.2) is 11.6 Å². The summed E-state index contributed by atoms with van der Waals surface area (Å²) in [7, 11) is 9.17. The topological polar surface area (TPSA) is 367 Å². The van der Waals surface area contributed by atoms with E-state index in [1.54, 1.807) is 68.3 Å². The molecule has 2 heterocycles. The third-order valence-corrected chi connectivity index (χ3v) is 23.6. The van der Waals surface area contributed by atoms with E-state index in [1.807, 2.05) is 288 Å². The lowest BCUT2D eigenvalue weighted by Crippen LogP contribution is -2.49. The van der Waals surface area contributed by atoms with Crippen molar-refractivity contribution < 1.29 is 115 Å². The number of amides is 1. The van der Waals surface area contributed by atoms with Crippen LogP contribution in [0.5, 0.6) is 23.0 Å². The van der Waals surface area contributed by atoms with Crippen molar-refractivity contribution in [3.8, 4) is 23.0 Å². The average Bonchev–Trinajstić information content (AvgIpc) is 1.64. The number of carbonyl (C=O) groups is 10. The van der Waals surface area contributed by atoms with Gasteiger partial charge in [-0.1, -0.05) is 258 Å². The first-order valence-corrected chi connectivity index (χ1v) is 47.0. The second kappa shape index (κ2) is 61.3. The lowest BCUT2D eigenvalue weighted by atomic mass is 9.88. The molecule has 0 unspecified atom stereocenters. The molecular formula is C114H138N2O24. The standard InChI is InChI=1S/C34H39NO6.C23H28O5.C22H26O5.C12H15NO2.C12H16O3.C11H14O3/c1-24(21-40-22-27-12-8-5-9-13-27)31(36)20-28(18-26-14-16-29(39-3)17-15-26)33(38)35-30(32(37)34(2)23-41-34)19-25-10-6-4-7-11-25;1-17(15-28-16-19-7-5-4-6-8-19)22(24)14-20(23(25)27-3)13-18-9-11-21(26-2)12-10-18;1-16(14-27-15-18-6-4-3-5-7-18)21(23)13-19(22(24)25)12-17-8-10-20(26-2)11-9-17;1-12(8-15-12)11(14)10(13)7-9-5-3-2-4-6-9;1-9(12(13)15-3)8-10-4-6-11(14-2)7-5-10;1-9(11(12)13)7-14-8-10-5-3-2-4-6-10/h4-17,24,28,30H,18-23H2,1-3H3,(H,35,38);4-12,17,20H,13-16H2,1-3H3;3-11,16,19H,12-15H2,1-2H3,(H,24,25);2-6,10H,7-8,13H2,1H3;4-7,9H,8H2,1-3H3;2-6,9H,7-8H2,1H3,(H,12,13)/t24-,28+,30-,34+;17-,20+;16-,19+;10-,12+;2*9-/m000000/s1.